The predicted molar refractivity (Wildman–Crippen MR) is 83.0 cm³/mol. The summed E-state index contributed by atoms with van der Waals surface area (Å²) in [5, 5.41) is 0.723. The van der Waals surface area contributed by atoms with E-state index in [1.807, 2.05) is 11.8 Å². The zero-order valence-corrected chi connectivity index (χ0v) is 14.5. The zero-order valence-electron chi connectivity index (χ0n) is 12.9. The van der Waals surface area contributed by atoms with Crippen LogP contribution in [0.4, 0.5) is 0 Å². The maximum Gasteiger partial charge on any atom is 0.421 e. The molecular formula is C14H15N3O5S2. The summed E-state index contributed by atoms with van der Waals surface area (Å²) in [6.07, 6.45) is 1.65. The second-order valence-corrected chi connectivity index (χ2v) is 7.66. The van der Waals surface area contributed by atoms with Crippen molar-refractivity contribution in [1.82, 2.24) is 13.6 Å². The summed E-state index contributed by atoms with van der Waals surface area (Å²) in [4.78, 5) is 36.5. The van der Waals surface area contributed by atoms with Crippen molar-refractivity contribution in [3.8, 4) is 0 Å². The third-order valence-electron chi connectivity index (χ3n) is 4.76. The normalized spacial score (nSPS) is 30.5. The molecule has 0 saturated carbocycles. The monoisotopic (exact) mass is 369 g/mol. The number of carbonyl (C=O) groups excluding carboxylic acids is 3. The van der Waals surface area contributed by atoms with Gasteiger partial charge in [0.05, 0.1) is 17.4 Å². The number of carbonyl (C=O) groups is 3. The van der Waals surface area contributed by atoms with E-state index >= 15 is 0 Å². The van der Waals surface area contributed by atoms with Gasteiger partial charge in [-0.25, -0.2) is 14.5 Å². The Hall–Kier alpha value is -1.52. The van der Waals surface area contributed by atoms with Gasteiger partial charge in [0.1, 0.15) is 5.03 Å². The van der Waals surface area contributed by atoms with E-state index in [0.717, 1.165) is 35.6 Å². The van der Waals surface area contributed by atoms with Gasteiger partial charge in [-0.1, -0.05) is 6.92 Å². The second kappa shape index (κ2) is 5.78. The Labute approximate surface area is 146 Å². The van der Waals surface area contributed by atoms with Gasteiger partial charge in [0.25, 0.3) is 0 Å². The largest absolute Gasteiger partial charge is 0.421 e. The van der Waals surface area contributed by atoms with Crippen molar-refractivity contribution in [2.24, 2.45) is 5.92 Å². The Balaban J connectivity index is 1.57. The molecule has 3 fully saturated rings. The first-order chi connectivity index (χ1) is 11.5. The molecule has 24 heavy (non-hydrogen) atoms. The highest BCUT2D eigenvalue weighted by Gasteiger charge is 2.59. The fourth-order valence-electron chi connectivity index (χ4n) is 3.57. The summed E-state index contributed by atoms with van der Waals surface area (Å²) in [7, 11) is 0. The average Bonchev–Trinajstić information content (AvgIpc) is 3.22. The number of hydrogen-bond acceptors (Lipinski definition) is 10. The Morgan fingerprint density at radius 1 is 1.33 bits per heavy atom. The van der Waals surface area contributed by atoms with Crippen LogP contribution in [0.3, 0.4) is 0 Å². The standard InChI is InChI=1S/C14H15N3O5S2/c1-2-9(18)23-11-10(15-24-16-11)8-6-17-5-7(8)3-4-14(17)21-12(19)13(20)22-14/h7-8H,2-6H2,1H3. The van der Waals surface area contributed by atoms with E-state index in [1.54, 1.807) is 0 Å². The molecule has 0 aromatic carbocycles. The topological polar surface area (TPSA) is 98.7 Å². The van der Waals surface area contributed by atoms with Crippen molar-refractivity contribution in [3.63, 3.8) is 0 Å². The molecule has 8 nitrogen and oxygen atoms in total. The number of hydrogen-bond donors (Lipinski definition) is 0. The van der Waals surface area contributed by atoms with Gasteiger partial charge >= 0.3 is 17.8 Å². The predicted octanol–water partition coefficient (Wildman–Crippen LogP) is 1.13. The molecule has 1 spiro atoms. The van der Waals surface area contributed by atoms with Gasteiger partial charge in [-0.3, -0.25) is 4.79 Å². The molecule has 3 saturated heterocycles. The Morgan fingerprint density at radius 3 is 2.79 bits per heavy atom. The maximum absolute atomic E-state index is 11.7. The van der Waals surface area contributed by atoms with Crippen LogP contribution in [-0.2, 0) is 23.9 Å². The van der Waals surface area contributed by atoms with Crippen LogP contribution in [0.2, 0.25) is 0 Å². The lowest BCUT2D eigenvalue weighted by molar-refractivity contribution is -0.257. The van der Waals surface area contributed by atoms with Crippen molar-refractivity contribution >= 4 is 40.5 Å². The summed E-state index contributed by atoms with van der Waals surface area (Å²) in [6, 6.07) is 0. The van der Waals surface area contributed by atoms with Crippen LogP contribution in [0.25, 0.3) is 0 Å². The van der Waals surface area contributed by atoms with Gasteiger partial charge in [0, 0.05) is 31.8 Å². The summed E-state index contributed by atoms with van der Waals surface area (Å²) in [5.74, 6) is -2.72. The molecule has 0 amide bonds. The molecule has 2 bridgehead atoms. The molecule has 1 aromatic rings. The van der Waals surface area contributed by atoms with E-state index in [9.17, 15) is 14.4 Å². The highest BCUT2D eigenvalue weighted by Crippen LogP contribution is 2.48. The molecular weight excluding hydrogens is 354 g/mol. The fourth-order valence-corrected chi connectivity index (χ4v) is 5.05. The lowest BCUT2D eigenvalue weighted by atomic mass is 9.88. The zero-order chi connectivity index (χ0) is 16.9. The second-order valence-electron chi connectivity index (χ2n) is 6.08. The molecule has 3 aliphatic rings. The van der Waals surface area contributed by atoms with E-state index < -0.39 is 17.8 Å². The highest BCUT2D eigenvalue weighted by molar-refractivity contribution is 8.13. The van der Waals surface area contributed by atoms with E-state index in [4.69, 9.17) is 9.47 Å². The first-order valence-corrected chi connectivity index (χ1v) is 9.31. The van der Waals surface area contributed by atoms with Crippen LogP contribution in [0.15, 0.2) is 5.03 Å². The molecule has 3 atom stereocenters. The Morgan fingerprint density at radius 2 is 2.08 bits per heavy atom. The average molecular weight is 369 g/mol. The van der Waals surface area contributed by atoms with Gasteiger partial charge < -0.3 is 9.47 Å². The summed E-state index contributed by atoms with van der Waals surface area (Å²) in [5.41, 5.74) is 0.826. The Bertz CT molecular complexity index is 705. The van der Waals surface area contributed by atoms with Gasteiger partial charge in [0.2, 0.25) is 0 Å². The van der Waals surface area contributed by atoms with Gasteiger partial charge in [-0.15, -0.1) is 0 Å². The number of esters is 2. The minimum Gasteiger partial charge on any atom is -0.400 e. The first kappa shape index (κ1) is 16.0. The third kappa shape index (κ3) is 2.44. The minimum atomic E-state index is -1.25. The SMILES string of the molecule is CCC(=O)Sc1nsnc1C1CN2CC1CCC21OC(=O)C(=O)O1. The lowest BCUT2D eigenvalue weighted by Crippen LogP contribution is -2.51. The van der Waals surface area contributed by atoms with Crippen molar-refractivity contribution < 1.29 is 23.9 Å². The molecule has 0 aliphatic carbocycles. The molecule has 128 valence electrons. The molecule has 4 heterocycles. The van der Waals surface area contributed by atoms with E-state index in [1.165, 1.54) is 0 Å². The molecule has 3 unspecified atom stereocenters. The molecule has 0 N–H and O–H groups in total. The molecule has 4 rings (SSSR count). The van der Waals surface area contributed by atoms with Crippen LogP contribution >= 0.6 is 23.5 Å². The van der Waals surface area contributed by atoms with Crippen LogP contribution in [0.5, 0.6) is 0 Å². The number of ether oxygens (including phenoxy) is 2. The van der Waals surface area contributed by atoms with E-state index in [0.29, 0.717) is 36.9 Å². The number of thioether (sulfide) groups is 1. The number of piperidine rings is 1. The first-order valence-electron chi connectivity index (χ1n) is 7.77. The summed E-state index contributed by atoms with van der Waals surface area (Å²) in [6.45, 7) is 3.04. The van der Waals surface area contributed by atoms with Crippen molar-refractivity contribution in [2.75, 3.05) is 13.1 Å². The highest BCUT2D eigenvalue weighted by atomic mass is 32.2. The molecule has 3 aliphatic heterocycles. The number of rotatable bonds is 3. The van der Waals surface area contributed by atoms with Crippen LogP contribution in [0.1, 0.15) is 37.8 Å². The van der Waals surface area contributed by atoms with Crippen molar-refractivity contribution in [2.45, 2.75) is 43.0 Å². The van der Waals surface area contributed by atoms with Crippen molar-refractivity contribution in [1.29, 1.82) is 0 Å². The van der Waals surface area contributed by atoms with Crippen LogP contribution in [0, 0.1) is 5.92 Å². The number of fused-ring (bicyclic) bond motifs is 3. The summed E-state index contributed by atoms with van der Waals surface area (Å²) >= 11 is 2.23. The van der Waals surface area contributed by atoms with Gasteiger partial charge in [-0.2, -0.15) is 8.75 Å². The fraction of sp³-hybridized carbons (Fsp3) is 0.643. The van der Waals surface area contributed by atoms with Crippen LogP contribution in [-0.4, -0.2) is 49.7 Å². The number of nitrogens with zero attached hydrogens (tertiary/aromatic N) is 3. The van der Waals surface area contributed by atoms with E-state index in [2.05, 4.69) is 8.75 Å². The van der Waals surface area contributed by atoms with Crippen LogP contribution < -0.4 is 0 Å². The smallest absolute Gasteiger partial charge is 0.400 e. The van der Waals surface area contributed by atoms with Crippen molar-refractivity contribution in [3.05, 3.63) is 5.69 Å². The molecule has 0 radical (unpaired) electrons. The van der Waals surface area contributed by atoms with E-state index in [-0.39, 0.29) is 11.0 Å². The number of aromatic nitrogens is 2. The quantitative estimate of drug-likeness (QED) is 0.441. The Kier molecular flexibility index (Phi) is 3.85. The maximum atomic E-state index is 11.7. The van der Waals surface area contributed by atoms with Gasteiger partial charge in [0.15, 0.2) is 5.12 Å². The van der Waals surface area contributed by atoms with Gasteiger partial charge in [-0.05, 0) is 24.1 Å². The lowest BCUT2D eigenvalue weighted by Gasteiger charge is -2.37. The molecule has 1 aromatic heterocycles. The summed E-state index contributed by atoms with van der Waals surface area (Å²) < 4.78 is 19.1. The minimum absolute atomic E-state index is 0.0559. The molecule has 10 heteroatoms. The third-order valence-corrected chi connectivity index (χ3v) is 6.43.